The van der Waals surface area contributed by atoms with Crippen LogP contribution in [0.15, 0.2) is 34.1 Å². The number of imidazole rings is 1. The Balaban J connectivity index is 2.30. The first-order valence-electron chi connectivity index (χ1n) is 6.61. The van der Waals surface area contributed by atoms with E-state index in [-0.39, 0.29) is 11.9 Å². The number of nitrogens with zero attached hydrogens (tertiary/aromatic N) is 1. The molecule has 3 aromatic rings. The van der Waals surface area contributed by atoms with E-state index in [1.54, 1.807) is 17.4 Å². The molecule has 0 bridgehead atoms. The largest absolute Gasteiger partial charge is 0.331 e. The number of hydrogen-bond donors (Lipinski definition) is 1. The number of rotatable bonds is 3. The van der Waals surface area contributed by atoms with E-state index in [1.807, 2.05) is 10.6 Å². The Labute approximate surface area is 139 Å². The van der Waals surface area contributed by atoms with Gasteiger partial charge in [0.25, 0.3) is 0 Å². The third-order valence-corrected chi connectivity index (χ3v) is 5.35. The summed E-state index contributed by atoms with van der Waals surface area (Å²) in [7, 11) is 0. The van der Waals surface area contributed by atoms with E-state index in [4.69, 9.17) is 12.2 Å². The normalized spacial score (nSPS) is 13.2. The number of hydrogen-bond acceptors (Lipinski definition) is 2. The molecule has 110 valence electrons. The molecule has 0 aliphatic heterocycles. The van der Waals surface area contributed by atoms with Gasteiger partial charge in [-0.1, -0.05) is 19.9 Å². The van der Waals surface area contributed by atoms with Crippen molar-refractivity contribution in [3.05, 3.63) is 49.6 Å². The topological polar surface area (TPSA) is 20.7 Å². The highest BCUT2D eigenvalue weighted by molar-refractivity contribution is 9.10. The lowest BCUT2D eigenvalue weighted by Gasteiger charge is -2.22. The standard InChI is InChI=1S/C15H14BrFN2S2/c1-8(2)14(13-4-3-5-21-13)19-12-7-10(17)9(16)6-11(12)18-15(19)20/h3-8,14H,1-2H3,(H,18,20). The molecule has 1 unspecified atom stereocenters. The number of nitrogens with one attached hydrogen (secondary N) is 1. The number of aromatic nitrogens is 2. The monoisotopic (exact) mass is 384 g/mol. The molecule has 6 heteroatoms. The fourth-order valence-electron chi connectivity index (χ4n) is 2.61. The Morgan fingerprint density at radius 3 is 2.76 bits per heavy atom. The van der Waals surface area contributed by atoms with Crippen molar-refractivity contribution < 1.29 is 4.39 Å². The second-order valence-corrected chi connectivity index (χ2v) is 7.51. The van der Waals surface area contributed by atoms with E-state index in [9.17, 15) is 4.39 Å². The van der Waals surface area contributed by atoms with Crippen molar-refractivity contribution in [1.82, 2.24) is 9.55 Å². The van der Waals surface area contributed by atoms with Crippen molar-refractivity contribution in [2.24, 2.45) is 5.92 Å². The van der Waals surface area contributed by atoms with Crippen LogP contribution in [0.2, 0.25) is 0 Å². The fraction of sp³-hybridized carbons (Fsp3) is 0.267. The van der Waals surface area contributed by atoms with Crippen molar-refractivity contribution in [1.29, 1.82) is 0 Å². The molecular formula is C15H14BrFN2S2. The van der Waals surface area contributed by atoms with Gasteiger partial charge < -0.3 is 9.55 Å². The van der Waals surface area contributed by atoms with Crippen molar-refractivity contribution in [3.63, 3.8) is 0 Å². The van der Waals surface area contributed by atoms with Gasteiger partial charge in [-0.3, -0.25) is 0 Å². The van der Waals surface area contributed by atoms with Crippen LogP contribution in [-0.4, -0.2) is 9.55 Å². The van der Waals surface area contributed by atoms with Gasteiger partial charge >= 0.3 is 0 Å². The maximum absolute atomic E-state index is 13.9. The van der Waals surface area contributed by atoms with E-state index in [1.165, 1.54) is 10.9 Å². The van der Waals surface area contributed by atoms with Crippen molar-refractivity contribution >= 4 is 50.5 Å². The Morgan fingerprint density at radius 2 is 2.14 bits per heavy atom. The second-order valence-electron chi connectivity index (χ2n) is 5.29. The lowest BCUT2D eigenvalue weighted by Crippen LogP contribution is -2.15. The zero-order valence-corrected chi connectivity index (χ0v) is 14.8. The number of fused-ring (bicyclic) bond motifs is 1. The average Bonchev–Trinajstić information content (AvgIpc) is 3.01. The summed E-state index contributed by atoms with van der Waals surface area (Å²) < 4.78 is 17.0. The number of H-pyrrole nitrogens is 1. The molecule has 0 spiro atoms. The molecule has 0 radical (unpaired) electrons. The van der Waals surface area contributed by atoms with Gasteiger partial charge in [0.1, 0.15) is 5.82 Å². The Bertz CT molecular complexity index is 833. The molecule has 0 aliphatic carbocycles. The quantitative estimate of drug-likeness (QED) is 0.556. The molecule has 2 nitrogen and oxygen atoms in total. The summed E-state index contributed by atoms with van der Waals surface area (Å²) in [4.78, 5) is 4.41. The molecule has 3 rings (SSSR count). The first-order chi connectivity index (χ1) is 9.99. The predicted octanol–water partition coefficient (Wildman–Crippen LogP) is 5.91. The van der Waals surface area contributed by atoms with Gasteiger partial charge in [-0.15, -0.1) is 11.3 Å². The van der Waals surface area contributed by atoms with Crippen molar-refractivity contribution in [2.75, 3.05) is 0 Å². The third kappa shape index (κ3) is 2.60. The summed E-state index contributed by atoms with van der Waals surface area (Å²) in [5.74, 6) is 0.0694. The first kappa shape index (κ1) is 14.9. The molecule has 0 saturated carbocycles. The highest BCUT2D eigenvalue weighted by Crippen LogP contribution is 2.34. The molecule has 0 amide bonds. The zero-order valence-electron chi connectivity index (χ0n) is 11.6. The third-order valence-electron chi connectivity index (χ3n) is 3.50. The van der Waals surface area contributed by atoms with E-state index < -0.39 is 0 Å². The Hall–Kier alpha value is -0.980. The first-order valence-corrected chi connectivity index (χ1v) is 8.69. The number of halogens is 2. The highest BCUT2D eigenvalue weighted by Gasteiger charge is 2.22. The molecule has 1 N–H and O–H groups in total. The Kier molecular flexibility index (Phi) is 4.03. The van der Waals surface area contributed by atoms with E-state index in [2.05, 4.69) is 46.2 Å². The highest BCUT2D eigenvalue weighted by atomic mass is 79.9. The van der Waals surface area contributed by atoms with Crippen LogP contribution < -0.4 is 0 Å². The van der Waals surface area contributed by atoms with Crippen LogP contribution >= 0.6 is 39.5 Å². The molecule has 2 heterocycles. The van der Waals surface area contributed by atoms with Crippen LogP contribution in [0, 0.1) is 16.5 Å². The molecule has 1 atom stereocenters. The molecule has 21 heavy (non-hydrogen) atoms. The molecular weight excluding hydrogens is 371 g/mol. The van der Waals surface area contributed by atoms with Gasteiger partial charge in [0.2, 0.25) is 0 Å². The van der Waals surface area contributed by atoms with Gasteiger partial charge in [-0.05, 0) is 51.6 Å². The smallest absolute Gasteiger partial charge is 0.178 e. The zero-order chi connectivity index (χ0) is 15.1. The summed E-state index contributed by atoms with van der Waals surface area (Å²) in [6.07, 6.45) is 0. The number of aromatic amines is 1. The second kappa shape index (κ2) is 5.66. The molecule has 2 aromatic heterocycles. The van der Waals surface area contributed by atoms with E-state index in [0.29, 0.717) is 15.2 Å². The summed E-state index contributed by atoms with van der Waals surface area (Å²) in [5.41, 5.74) is 1.64. The lowest BCUT2D eigenvalue weighted by atomic mass is 10.0. The number of benzene rings is 1. The maximum Gasteiger partial charge on any atom is 0.178 e. The molecule has 0 aliphatic rings. The SMILES string of the molecule is CC(C)C(c1cccs1)n1c(=S)[nH]c2cc(Br)c(F)cc21. The van der Waals surface area contributed by atoms with Crippen LogP contribution in [0.1, 0.15) is 24.8 Å². The van der Waals surface area contributed by atoms with Crippen LogP contribution in [0.5, 0.6) is 0 Å². The minimum Gasteiger partial charge on any atom is -0.331 e. The molecule has 0 saturated heterocycles. The minimum absolute atomic E-state index is 0.104. The molecule has 1 aromatic carbocycles. The number of thiophene rings is 1. The average molecular weight is 385 g/mol. The van der Waals surface area contributed by atoms with Crippen LogP contribution in [0.3, 0.4) is 0 Å². The van der Waals surface area contributed by atoms with E-state index in [0.717, 1.165) is 11.0 Å². The van der Waals surface area contributed by atoms with Gasteiger partial charge in [-0.25, -0.2) is 4.39 Å². The summed E-state index contributed by atoms with van der Waals surface area (Å²) in [6, 6.07) is 7.51. The maximum atomic E-state index is 13.9. The lowest BCUT2D eigenvalue weighted by molar-refractivity contribution is 0.448. The van der Waals surface area contributed by atoms with Crippen LogP contribution in [0.25, 0.3) is 11.0 Å². The minimum atomic E-state index is -0.279. The summed E-state index contributed by atoms with van der Waals surface area (Å²) in [6.45, 7) is 4.31. The van der Waals surface area contributed by atoms with Crippen molar-refractivity contribution in [3.8, 4) is 0 Å². The summed E-state index contributed by atoms with van der Waals surface area (Å²) >= 11 is 10.4. The van der Waals surface area contributed by atoms with Gasteiger partial charge in [0.05, 0.1) is 21.5 Å². The van der Waals surface area contributed by atoms with Crippen LogP contribution in [-0.2, 0) is 0 Å². The fourth-order valence-corrected chi connectivity index (χ4v) is 4.26. The van der Waals surface area contributed by atoms with Gasteiger partial charge in [0.15, 0.2) is 4.77 Å². The van der Waals surface area contributed by atoms with Gasteiger partial charge in [0, 0.05) is 10.9 Å². The van der Waals surface area contributed by atoms with Crippen LogP contribution in [0.4, 0.5) is 4.39 Å². The Morgan fingerprint density at radius 1 is 1.38 bits per heavy atom. The van der Waals surface area contributed by atoms with Crippen molar-refractivity contribution in [2.45, 2.75) is 19.9 Å². The van der Waals surface area contributed by atoms with Gasteiger partial charge in [-0.2, -0.15) is 0 Å². The molecule has 0 fully saturated rings. The van der Waals surface area contributed by atoms with E-state index >= 15 is 0 Å². The predicted molar refractivity (Wildman–Crippen MR) is 92.1 cm³/mol. The summed E-state index contributed by atoms with van der Waals surface area (Å²) in [5, 5.41) is 2.06.